The molecule has 17 heavy (non-hydrogen) atoms. The number of nitrogens with one attached hydrogen (secondary N) is 1. The molecule has 0 saturated carbocycles. The van der Waals surface area contributed by atoms with E-state index >= 15 is 0 Å². The standard InChI is InChI=1S/C15H21NO/c17-11-15(7-2-8-16-15)10-12-5-6-13-3-1-4-14(13)9-12/h5-6,9,16-17H,1-4,7-8,10-11H2. The summed E-state index contributed by atoms with van der Waals surface area (Å²) in [5.41, 5.74) is 4.40. The van der Waals surface area contributed by atoms with E-state index in [0.29, 0.717) is 0 Å². The van der Waals surface area contributed by atoms with Gasteiger partial charge in [-0.25, -0.2) is 0 Å². The quantitative estimate of drug-likeness (QED) is 0.832. The van der Waals surface area contributed by atoms with E-state index in [4.69, 9.17) is 0 Å². The van der Waals surface area contributed by atoms with Crippen LogP contribution in [0.5, 0.6) is 0 Å². The smallest absolute Gasteiger partial charge is 0.0616 e. The van der Waals surface area contributed by atoms with E-state index in [1.54, 1.807) is 0 Å². The van der Waals surface area contributed by atoms with Gasteiger partial charge in [0.1, 0.15) is 0 Å². The van der Waals surface area contributed by atoms with Crippen LogP contribution in [0.1, 0.15) is 36.0 Å². The molecule has 1 aromatic carbocycles. The molecule has 1 aliphatic heterocycles. The van der Waals surface area contributed by atoms with E-state index in [1.165, 1.54) is 42.4 Å². The van der Waals surface area contributed by atoms with Crippen molar-refractivity contribution in [1.29, 1.82) is 0 Å². The summed E-state index contributed by atoms with van der Waals surface area (Å²) in [7, 11) is 0. The van der Waals surface area contributed by atoms with Crippen molar-refractivity contribution in [3.05, 3.63) is 34.9 Å². The number of benzene rings is 1. The highest BCUT2D eigenvalue weighted by Gasteiger charge is 2.32. The average molecular weight is 231 g/mol. The molecule has 1 fully saturated rings. The third-order valence-electron chi connectivity index (χ3n) is 4.34. The van der Waals surface area contributed by atoms with Crippen molar-refractivity contribution in [1.82, 2.24) is 5.32 Å². The molecule has 0 amide bonds. The Morgan fingerprint density at radius 3 is 2.82 bits per heavy atom. The Morgan fingerprint density at radius 1 is 1.18 bits per heavy atom. The molecule has 2 aliphatic rings. The maximum Gasteiger partial charge on any atom is 0.0616 e. The molecule has 0 radical (unpaired) electrons. The molecule has 1 unspecified atom stereocenters. The van der Waals surface area contributed by atoms with Crippen LogP contribution >= 0.6 is 0 Å². The van der Waals surface area contributed by atoms with E-state index in [0.717, 1.165) is 19.4 Å². The van der Waals surface area contributed by atoms with Crippen molar-refractivity contribution >= 4 is 0 Å². The van der Waals surface area contributed by atoms with Crippen LogP contribution in [-0.4, -0.2) is 23.8 Å². The highest BCUT2D eigenvalue weighted by atomic mass is 16.3. The summed E-state index contributed by atoms with van der Waals surface area (Å²) in [5, 5.41) is 13.1. The van der Waals surface area contributed by atoms with Gasteiger partial charge in [0.15, 0.2) is 0 Å². The Labute approximate surface area is 103 Å². The van der Waals surface area contributed by atoms with E-state index in [9.17, 15) is 5.11 Å². The third kappa shape index (κ3) is 2.12. The Morgan fingerprint density at radius 2 is 2.06 bits per heavy atom. The lowest BCUT2D eigenvalue weighted by Crippen LogP contribution is -2.45. The van der Waals surface area contributed by atoms with E-state index < -0.39 is 0 Å². The summed E-state index contributed by atoms with van der Waals surface area (Å²) < 4.78 is 0. The molecule has 0 spiro atoms. The molecule has 0 bridgehead atoms. The monoisotopic (exact) mass is 231 g/mol. The van der Waals surface area contributed by atoms with Crippen molar-refractivity contribution in [3.63, 3.8) is 0 Å². The number of hydrogen-bond donors (Lipinski definition) is 2. The van der Waals surface area contributed by atoms with Gasteiger partial charge in [-0.15, -0.1) is 0 Å². The summed E-state index contributed by atoms with van der Waals surface area (Å²) in [4.78, 5) is 0. The second-order valence-corrected chi connectivity index (χ2v) is 5.60. The van der Waals surface area contributed by atoms with Crippen molar-refractivity contribution in [3.8, 4) is 0 Å². The molecule has 1 saturated heterocycles. The summed E-state index contributed by atoms with van der Waals surface area (Å²) in [6, 6.07) is 6.90. The van der Waals surface area contributed by atoms with Crippen molar-refractivity contribution in [2.75, 3.05) is 13.2 Å². The van der Waals surface area contributed by atoms with E-state index in [1.807, 2.05) is 0 Å². The molecule has 1 aliphatic carbocycles. The van der Waals surface area contributed by atoms with Gasteiger partial charge in [-0.3, -0.25) is 0 Å². The van der Waals surface area contributed by atoms with E-state index in [-0.39, 0.29) is 12.1 Å². The fourth-order valence-corrected chi connectivity index (χ4v) is 3.34. The number of rotatable bonds is 3. The summed E-state index contributed by atoms with van der Waals surface area (Å²) in [5.74, 6) is 0. The van der Waals surface area contributed by atoms with Gasteiger partial charge in [-0.05, 0) is 61.8 Å². The van der Waals surface area contributed by atoms with Crippen LogP contribution in [0.2, 0.25) is 0 Å². The summed E-state index contributed by atoms with van der Waals surface area (Å²) in [6.07, 6.45) is 7.05. The van der Waals surface area contributed by atoms with Gasteiger partial charge in [0.05, 0.1) is 6.61 Å². The summed E-state index contributed by atoms with van der Waals surface area (Å²) >= 11 is 0. The van der Waals surface area contributed by atoms with Crippen LogP contribution in [0.4, 0.5) is 0 Å². The second kappa shape index (κ2) is 4.43. The first-order valence-electron chi connectivity index (χ1n) is 6.78. The lowest BCUT2D eigenvalue weighted by molar-refractivity contribution is 0.177. The first kappa shape index (κ1) is 11.2. The van der Waals surface area contributed by atoms with Gasteiger partial charge in [-0.2, -0.15) is 0 Å². The molecule has 2 nitrogen and oxygen atoms in total. The lowest BCUT2D eigenvalue weighted by atomic mass is 9.89. The van der Waals surface area contributed by atoms with Gasteiger partial charge in [0.25, 0.3) is 0 Å². The topological polar surface area (TPSA) is 32.3 Å². The first-order chi connectivity index (χ1) is 8.31. The maximum atomic E-state index is 9.61. The predicted octanol–water partition coefficient (Wildman–Crippen LogP) is 1.83. The highest BCUT2D eigenvalue weighted by molar-refractivity contribution is 5.36. The van der Waals surface area contributed by atoms with Crippen LogP contribution in [0.25, 0.3) is 0 Å². The first-order valence-corrected chi connectivity index (χ1v) is 6.78. The number of hydrogen-bond acceptors (Lipinski definition) is 2. The lowest BCUT2D eigenvalue weighted by Gasteiger charge is -2.27. The molecule has 3 rings (SSSR count). The second-order valence-electron chi connectivity index (χ2n) is 5.60. The number of aliphatic hydroxyl groups is 1. The Balaban J connectivity index is 1.80. The van der Waals surface area contributed by atoms with Crippen LogP contribution in [-0.2, 0) is 19.3 Å². The minimum absolute atomic E-state index is 0.0488. The fraction of sp³-hybridized carbons (Fsp3) is 0.600. The zero-order valence-electron chi connectivity index (χ0n) is 10.3. The van der Waals surface area contributed by atoms with Gasteiger partial charge in [0, 0.05) is 5.54 Å². The number of fused-ring (bicyclic) bond motifs is 1. The third-order valence-corrected chi connectivity index (χ3v) is 4.34. The van der Waals surface area contributed by atoms with Crippen LogP contribution < -0.4 is 5.32 Å². The Kier molecular flexibility index (Phi) is 2.93. The van der Waals surface area contributed by atoms with Crippen molar-refractivity contribution in [2.24, 2.45) is 0 Å². The van der Waals surface area contributed by atoms with Crippen molar-refractivity contribution in [2.45, 2.75) is 44.1 Å². The molecule has 1 atom stereocenters. The maximum absolute atomic E-state index is 9.61. The zero-order valence-corrected chi connectivity index (χ0v) is 10.3. The fourth-order valence-electron chi connectivity index (χ4n) is 3.34. The van der Waals surface area contributed by atoms with E-state index in [2.05, 4.69) is 23.5 Å². The number of aliphatic hydroxyl groups excluding tert-OH is 1. The molecule has 92 valence electrons. The van der Waals surface area contributed by atoms with Gasteiger partial charge in [0.2, 0.25) is 0 Å². The Hall–Kier alpha value is -0.860. The largest absolute Gasteiger partial charge is 0.394 e. The molecule has 1 heterocycles. The molecule has 0 aromatic heterocycles. The molecule has 2 N–H and O–H groups in total. The van der Waals surface area contributed by atoms with Gasteiger partial charge >= 0.3 is 0 Å². The van der Waals surface area contributed by atoms with Gasteiger partial charge < -0.3 is 10.4 Å². The molecular formula is C15H21NO. The molecule has 2 heteroatoms. The molecular weight excluding hydrogens is 210 g/mol. The minimum Gasteiger partial charge on any atom is -0.394 e. The summed E-state index contributed by atoms with van der Waals surface area (Å²) in [6.45, 7) is 1.30. The SMILES string of the molecule is OCC1(Cc2ccc3c(c2)CCC3)CCCN1. The normalized spacial score (nSPS) is 27.4. The Bertz CT molecular complexity index is 407. The molecule has 1 aromatic rings. The van der Waals surface area contributed by atoms with Gasteiger partial charge in [-0.1, -0.05) is 18.2 Å². The predicted molar refractivity (Wildman–Crippen MR) is 69.2 cm³/mol. The van der Waals surface area contributed by atoms with Crippen LogP contribution in [0, 0.1) is 0 Å². The van der Waals surface area contributed by atoms with Crippen LogP contribution in [0.15, 0.2) is 18.2 Å². The van der Waals surface area contributed by atoms with Crippen LogP contribution in [0.3, 0.4) is 0 Å². The zero-order chi connectivity index (χ0) is 11.7. The highest BCUT2D eigenvalue weighted by Crippen LogP contribution is 2.27. The minimum atomic E-state index is -0.0488. The van der Waals surface area contributed by atoms with Crippen molar-refractivity contribution < 1.29 is 5.11 Å². The average Bonchev–Trinajstić information content (AvgIpc) is 2.97. The number of aryl methyl sites for hydroxylation is 2.